The summed E-state index contributed by atoms with van der Waals surface area (Å²) in [5, 5.41) is 1.72. The predicted molar refractivity (Wildman–Crippen MR) is 120 cm³/mol. The Morgan fingerprint density at radius 1 is 0.806 bits per heavy atom. The van der Waals surface area contributed by atoms with E-state index in [0.29, 0.717) is 13.1 Å². The maximum absolute atomic E-state index is 13.0. The van der Waals surface area contributed by atoms with Gasteiger partial charge in [-0.3, -0.25) is 4.72 Å². The fraction of sp³-hybridized carbons (Fsp3) is 0.273. The average Bonchev–Trinajstić information content (AvgIpc) is 2.79. The van der Waals surface area contributed by atoms with Gasteiger partial charge < -0.3 is 4.74 Å². The fourth-order valence-corrected chi connectivity index (χ4v) is 6.36. The number of ether oxygens (including phenoxy) is 1. The highest BCUT2D eigenvalue weighted by Crippen LogP contribution is 2.32. The van der Waals surface area contributed by atoms with E-state index in [1.165, 1.54) is 35.7 Å². The molecule has 0 bridgehead atoms. The number of sulfonamides is 2. The lowest BCUT2D eigenvalue weighted by Gasteiger charge is -2.26. The van der Waals surface area contributed by atoms with E-state index in [9.17, 15) is 16.8 Å². The zero-order valence-corrected chi connectivity index (χ0v) is 18.7. The third-order valence-electron chi connectivity index (χ3n) is 5.40. The van der Waals surface area contributed by atoms with Crippen LogP contribution in [0.3, 0.4) is 0 Å². The number of hydrogen-bond acceptors (Lipinski definition) is 5. The minimum absolute atomic E-state index is 0.0337. The lowest BCUT2D eigenvalue weighted by atomic mass is 10.1. The number of hydrogen-bond donors (Lipinski definition) is 1. The third-order valence-corrected chi connectivity index (χ3v) is 8.66. The molecule has 9 heteroatoms. The van der Waals surface area contributed by atoms with Crippen LogP contribution >= 0.6 is 0 Å². The van der Waals surface area contributed by atoms with Crippen LogP contribution in [0.2, 0.25) is 0 Å². The molecular formula is C22H24N2O5S2. The minimum atomic E-state index is -3.96. The van der Waals surface area contributed by atoms with Crippen molar-refractivity contribution in [1.29, 1.82) is 0 Å². The van der Waals surface area contributed by atoms with Crippen LogP contribution in [0.25, 0.3) is 10.8 Å². The molecule has 1 aliphatic rings. The Bertz CT molecular complexity index is 1310. The zero-order chi connectivity index (χ0) is 22.1. The molecule has 7 nitrogen and oxygen atoms in total. The number of rotatable bonds is 6. The molecule has 31 heavy (non-hydrogen) atoms. The van der Waals surface area contributed by atoms with Crippen molar-refractivity contribution in [3.05, 3.63) is 60.7 Å². The van der Waals surface area contributed by atoms with Crippen molar-refractivity contribution < 1.29 is 21.6 Å². The molecule has 0 atom stereocenters. The summed E-state index contributed by atoms with van der Waals surface area (Å²) in [6.07, 6.45) is 2.64. The van der Waals surface area contributed by atoms with Gasteiger partial charge in [0.25, 0.3) is 10.0 Å². The van der Waals surface area contributed by atoms with Gasteiger partial charge in [0.05, 0.1) is 22.6 Å². The van der Waals surface area contributed by atoms with Crippen LogP contribution in [-0.4, -0.2) is 41.3 Å². The van der Waals surface area contributed by atoms with Gasteiger partial charge in [-0.15, -0.1) is 0 Å². The third kappa shape index (κ3) is 4.39. The lowest BCUT2D eigenvalue weighted by Crippen LogP contribution is -2.35. The second kappa shape index (κ2) is 8.49. The van der Waals surface area contributed by atoms with E-state index in [0.717, 1.165) is 30.0 Å². The standard InChI is InChI=1S/C22H24N2O5S2/c1-29-22-12-11-20(31(27,28)24-13-5-2-6-14-24)16-21(22)23-30(25,26)19-10-9-17-7-3-4-8-18(17)15-19/h3-4,7-12,15-16,23H,2,5-6,13-14H2,1H3. The van der Waals surface area contributed by atoms with Gasteiger partial charge in [0.15, 0.2) is 0 Å². The quantitative estimate of drug-likeness (QED) is 0.604. The van der Waals surface area contributed by atoms with Crippen LogP contribution in [0.15, 0.2) is 70.5 Å². The van der Waals surface area contributed by atoms with Crippen LogP contribution in [0.4, 0.5) is 5.69 Å². The Morgan fingerprint density at radius 3 is 2.19 bits per heavy atom. The number of anilines is 1. The molecule has 0 aliphatic carbocycles. The molecule has 1 N–H and O–H groups in total. The monoisotopic (exact) mass is 460 g/mol. The first-order chi connectivity index (χ1) is 14.8. The van der Waals surface area contributed by atoms with Crippen LogP contribution < -0.4 is 9.46 Å². The largest absolute Gasteiger partial charge is 0.495 e. The number of piperidine rings is 1. The molecule has 3 aromatic rings. The van der Waals surface area contributed by atoms with Crippen LogP contribution in [-0.2, 0) is 20.0 Å². The van der Waals surface area contributed by atoms with E-state index in [1.54, 1.807) is 12.1 Å². The molecule has 4 rings (SSSR count). The summed E-state index contributed by atoms with van der Waals surface area (Å²) in [7, 11) is -6.27. The van der Waals surface area contributed by atoms with Gasteiger partial charge in [-0.05, 0) is 53.9 Å². The molecule has 164 valence electrons. The van der Waals surface area contributed by atoms with Gasteiger partial charge in [0, 0.05) is 13.1 Å². The van der Waals surface area contributed by atoms with Gasteiger partial charge in [-0.25, -0.2) is 16.8 Å². The topological polar surface area (TPSA) is 92.8 Å². The van der Waals surface area contributed by atoms with Crippen molar-refractivity contribution in [3.63, 3.8) is 0 Å². The Balaban J connectivity index is 1.70. The first-order valence-corrected chi connectivity index (χ1v) is 12.9. The Hall–Kier alpha value is -2.62. The van der Waals surface area contributed by atoms with Crippen molar-refractivity contribution in [1.82, 2.24) is 4.31 Å². The molecule has 0 saturated carbocycles. The SMILES string of the molecule is COc1ccc(S(=O)(=O)N2CCCCC2)cc1NS(=O)(=O)c1ccc2ccccc2c1. The Morgan fingerprint density at radius 2 is 1.48 bits per heavy atom. The molecule has 1 aliphatic heterocycles. The summed E-state index contributed by atoms with van der Waals surface area (Å²) < 4.78 is 61.4. The Labute approximate surface area is 182 Å². The van der Waals surface area contributed by atoms with Gasteiger partial charge in [-0.2, -0.15) is 4.31 Å². The van der Waals surface area contributed by atoms with Gasteiger partial charge >= 0.3 is 0 Å². The van der Waals surface area contributed by atoms with E-state index in [-0.39, 0.29) is 21.2 Å². The smallest absolute Gasteiger partial charge is 0.262 e. The van der Waals surface area contributed by atoms with Crippen molar-refractivity contribution in [3.8, 4) is 5.75 Å². The average molecular weight is 461 g/mol. The van der Waals surface area contributed by atoms with Crippen LogP contribution in [0, 0.1) is 0 Å². The molecule has 1 saturated heterocycles. The first-order valence-electron chi connectivity index (χ1n) is 10.0. The van der Waals surface area contributed by atoms with E-state index in [1.807, 2.05) is 24.3 Å². The fourth-order valence-electron chi connectivity index (χ4n) is 3.72. The number of nitrogens with one attached hydrogen (secondary N) is 1. The molecule has 0 spiro atoms. The molecule has 0 aromatic heterocycles. The predicted octanol–water partition coefficient (Wildman–Crippen LogP) is 3.82. The van der Waals surface area contributed by atoms with E-state index in [2.05, 4.69) is 4.72 Å². The maximum atomic E-state index is 13.0. The van der Waals surface area contributed by atoms with Crippen molar-refractivity contribution in [2.24, 2.45) is 0 Å². The number of benzene rings is 3. The molecule has 1 fully saturated rings. The second-order valence-corrected chi connectivity index (χ2v) is 11.1. The van der Waals surface area contributed by atoms with Gasteiger partial charge in [0.1, 0.15) is 5.75 Å². The second-order valence-electron chi connectivity index (χ2n) is 7.44. The highest BCUT2D eigenvalue weighted by molar-refractivity contribution is 7.92. The van der Waals surface area contributed by atoms with Crippen molar-refractivity contribution >= 4 is 36.5 Å². The highest BCUT2D eigenvalue weighted by atomic mass is 32.2. The minimum Gasteiger partial charge on any atom is -0.495 e. The summed E-state index contributed by atoms with van der Waals surface area (Å²) in [5.74, 6) is 0.238. The van der Waals surface area contributed by atoms with Crippen molar-refractivity contribution in [2.75, 3.05) is 24.9 Å². The van der Waals surface area contributed by atoms with E-state index >= 15 is 0 Å². The molecule has 0 amide bonds. The van der Waals surface area contributed by atoms with E-state index < -0.39 is 20.0 Å². The zero-order valence-electron chi connectivity index (χ0n) is 17.1. The highest BCUT2D eigenvalue weighted by Gasteiger charge is 2.27. The number of nitrogens with zero attached hydrogens (tertiary/aromatic N) is 1. The molecule has 1 heterocycles. The normalized spacial score (nSPS) is 15.6. The maximum Gasteiger partial charge on any atom is 0.262 e. The van der Waals surface area contributed by atoms with Crippen LogP contribution in [0.1, 0.15) is 19.3 Å². The number of fused-ring (bicyclic) bond motifs is 1. The van der Waals surface area contributed by atoms with E-state index in [4.69, 9.17) is 4.74 Å². The first kappa shape index (κ1) is 21.6. The molecule has 0 radical (unpaired) electrons. The summed E-state index contributed by atoms with van der Waals surface area (Å²) in [6, 6.07) is 16.5. The Kier molecular flexibility index (Phi) is 5.92. The lowest BCUT2D eigenvalue weighted by molar-refractivity contribution is 0.346. The summed E-state index contributed by atoms with van der Waals surface area (Å²) in [6.45, 7) is 0.930. The summed E-state index contributed by atoms with van der Waals surface area (Å²) in [5.41, 5.74) is 0.0775. The van der Waals surface area contributed by atoms with Crippen molar-refractivity contribution in [2.45, 2.75) is 29.1 Å². The molecule has 0 unspecified atom stereocenters. The summed E-state index contributed by atoms with van der Waals surface area (Å²) in [4.78, 5) is 0.115. The van der Waals surface area contributed by atoms with Gasteiger partial charge in [0.2, 0.25) is 10.0 Å². The number of methoxy groups -OCH3 is 1. The molecule has 3 aromatic carbocycles. The van der Waals surface area contributed by atoms with Gasteiger partial charge in [-0.1, -0.05) is 36.8 Å². The molecular weight excluding hydrogens is 436 g/mol. The van der Waals surface area contributed by atoms with Crippen LogP contribution in [0.5, 0.6) is 5.75 Å². The summed E-state index contributed by atoms with van der Waals surface area (Å²) >= 11 is 0.